The molecule has 1 aromatic carbocycles. The summed E-state index contributed by atoms with van der Waals surface area (Å²) in [6, 6.07) is 2.71. The predicted octanol–water partition coefficient (Wildman–Crippen LogP) is 1.05. The Kier molecular flexibility index (Phi) is 3.47. The van der Waals surface area contributed by atoms with Crippen molar-refractivity contribution in [2.75, 3.05) is 5.32 Å². The molecule has 1 aromatic heterocycles. The van der Waals surface area contributed by atoms with Crippen LogP contribution in [0.25, 0.3) is 0 Å². The van der Waals surface area contributed by atoms with Crippen molar-refractivity contribution in [1.29, 1.82) is 0 Å². The molecule has 104 valence electrons. The van der Waals surface area contributed by atoms with Gasteiger partial charge < -0.3 is 11.1 Å². The molecule has 2 amide bonds. The molecule has 8 heteroatoms. The van der Waals surface area contributed by atoms with Crippen LogP contribution in [-0.4, -0.2) is 21.6 Å². The molecule has 0 atom stereocenters. The van der Waals surface area contributed by atoms with Crippen molar-refractivity contribution in [1.82, 2.24) is 9.78 Å². The number of amides is 2. The molecule has 6 nitrogen and oxygen atoms in total. The standard InChI is InChI=1S/C12H10F2N4O2/c1-18-11(7(5-16-18)10(15)19)17-12(20)6-2-3-8(13)9(14)4-6/h2-5H,1H3,(H2,15,19)(H,17,20). The van der Waals surface area contributed by atoms with Crippen LogP contribution in [0.1, 0.15) is 20.7 Å². The van der Waals surface area contributed by atoms with Crippen LogP contribution in [0.5, 0.6) is 0 Å². The van der Waals surface area contributed by atoms with E-state index in [1.807, 2.05) is 0 Å². The molecule has 0 aliphatic carbocycles. The maximum absolute atomic E-state index is 13.1. The molecule has 3 N–H and O–H groups in total. The number of hydrogen-bond donors (Lipinski definition) is 2. The number of hydrogen-bond acceptors (Lipinski definition) is 3. The van der Waals surface area contributed by atoms with Crippen LogP contribution in [0.15, 0.2) is 24.4 Å². The number of aromatic nitrogens is 2. The van der Waals surface area contributed by atoms with Crippen molar-refractivity contribution in [3.63, 3.8) is 0 Å². The number of aryl methyl sites for hydroxylation is 1. The zero-order valence-electron chi connectivity index (χ0n) is 10.4. The summed E-state index contributed by atoms with van der Waals surface area (Å²) in [5.74, 6) is -3.60. The van der Waals surface area contributed by atoms with Gasteiger partial charge in [0.15, 0.2) is 11.6 Å². The van der Waals surface area contributed by atoms with Crippen molar-refractivity contribution in [3.05, 3.63) is 47.2 Å². The second-order valence-corrected chi connectivity index (χ2v) is 3.98. The van der Waals surface area contributed by atoms with Crippen LogP contribution in [0.3, 0.4) is 0 Å². The summed E-state index contributed by atoms with van der Waals surface area (Å²) in [5.41, 5.74) is 5.05. The number of carbonyl (C=O) groups excluding carboxylic acids is 2. The zero-order chi connectivity index (χ0) is 14.9. The SMILES string of the molecule is Cn1ncc(C(N)=O)c1NC(=O)c1ccc(F)c(F)c1. The van der Waals surface area contributed by atoms with Crippen LogP contribution < -0.4 is 11.1 Å². The molecule has 0 spiro atoms. The molecule has 0 fully saturated rings. The Morgan fingerprint density at radius 3 is 2.60 bits per heavy atom. The van der Waals surface area contributed by atoms with Crippen LogP contribution in [-0.2, 0) is 7.05 Å². The van der Waals surface area contributed by atoms with Crippen LogP contribution in [0.2, 0.25) is 0 Å². The van der Waals surface area contributed by atoms with Gasteiger partial charge in [-0.25, -0.2) is 8.78 Å². The molecule has 0 aliphatic heterocycles. The van der Waals surface area contributed by atoms with Gasteiger partial charge in [-0.3, -0.25) is 14.3 Å². The van der Waals surface area contributed by atoms with E-state index in [2.05, 4.69) is 10.4 Å². The Bertz CT molecular complexity index is 697. The maximum Gasteiger partial charge on any atom is 0.256 e. The molecule has 0 aliphatic rings. The third-order valence-corrected chi connectivity index (χ3v) is 2.62. The molecule has 0 radical (unpaired) electrons. The number of carbonyl (C=O) groups is 2. The normalized spacial score (nSPS) is 10.3. The highest BCUT2D eigenvalue weighted by Crippen LogP contribution is 2.16. The van der Waals surface area contributed by atoms with Crippen LogP contribution >= 0.6 is 0 Å². The quantitative estimate of drug-likeness (QED) is 0.880. The largest absolute Gasteiger partial charge is 0.365 e. The minimum absolute atomic E-state index is 0.0171. The molecule has 2 aromatic rings. The first kappa shape index (κ1) is 13.7. The highest BCUT2D eigenvalue weighted by Gasteiger charge is 2.17. The van der Waals surface area contributed by atoms with Gasteiger partial charge in [-0.1, -0.05) is 0 Å². The lowest BCUT2D eigenvalue weighted by atomic mass is 10.2. The second-order valence-electron chi connectivity index (χ2n) is 3.98. The maximum atomic E-state index is 13.1. The number of nitrogens with zero attached hydrogens (tertiary/aromatic N) is 2. The van der Waals surface area contributed by atoms with Crippen molar-refractivity contribution in [2.45, 2.75) is 0 Å². The molecular weight excluding hydrogens is 270 g/mol. The van der Waals surface area contributed by atoms with Crippen LogP contribution in [0, 0.1) is 11.6 Å². The summed E-state index contributed by atoms with van der Waals surface area (Å²) in [7, 11) is 1.49. The van der Waals surface area contributed by atoms with E-state index in [9.17, 15) is 18.4 Å². The Labute approximate surface area is 112 Å². The molecule has 0 unspecified atom stereocenters. The molecule has 2 rings (SSSR count). The van der Waals surface area contributed by atoms with E-state index in [0.29, 0.717) is 0 Å². The lowest BCUT2D eigenvalue weighted by molar-refractivity contribution is 0.100. The molecule has 0 saturated carbocycles. The number of rotatable bonds is 3. The van der Waals surface area contributed by atoms with Gasteiger partial charge in [-0.2, -0.15) is 5.10 Å². The number of anilines is 1. The third-order valence-electron chi connectivity index (χ3n) is 2.62. The van der Waals surface area contributed by atoms with E-state index >= 15 is 0 Å². The number of nitrogens with two attached hydrogens (primary N) is 1. The lowest BCUT2D eigenvalue weighted by Crippen LogP contribution is -2.19. The number of halogens is 2. The highest BCUT2D eigenvalue weighted by atomic mass is 19.2. The van der Waals surface area contributed by atoms with Gasteiger partial charge in [-0.05, 0) is 18.2 Å². The Morgan fingerprint density at radius 2 is 2.00 bits per heavy atom. The van der Waals surface area contributed by atoms with Gasteiger partial charge >= 0.3 is 0 Å². The van der Waals surface area contributed by atoms with E-state index in [1.165, 1.54) is 17.9 Å². The van der Waals surface area contributed by atoms with E-state index in [1.54, 1.807) is 0 Å². The Hall–Kier alpha value is -2.77. The van der Waals surface area contributed by atoms with Crippen molar-refractivity contribution in [2.24, 2.45) is 12.8 Å². The molecule has 0 saturated heterocycles. The van der Waals surface area contributed by atoms with Gasteiger partial charge in [-0.15, -0.1) is 0 Å². The minimum atomic E-state index is -1.14. The van der Waals surface area contributed by atoms with Gasteiger partial charge in [0.05, 0.1) is 6.20 Å². The Balaban J connectivity index is 2.30. The fourth-order valence-corrected chi connectivity index (χ4v) is 1.58. The van der Waals surface area contributed by atoms with Crippen molar-refractivity contribution in [3.8, 4) is 0 Å². The smallest absolute Gasteiger partial charge is 0.256 e. The predicted molar refractivity (Wildman–Crippen MR) is 66.0 cm³/mol. The monoisotopic (exact) mass is 280 g/mol. The summed E-state index contributed by atoms with van der Waals surface area (Å²) in [6.45, 7) is 0. The molecular formula is C12H10F2N4O2. The van der Waals surface area contributed by atoms with Gasteiger partial charge in [0.1, 0.15) is 11.4 Å². The van der Waals surface area contributed by atoms with E-state index in [-0.39, 0.29) is 16.9 Å². The fourth-order valence-electron chi connectivity index (χ4n) is 1.58. The first-order chi connectivity index (χ1) is 9.40. The zero-order valence-corrected chi connectivity index (χ0v) is 10.4. The highest BCUT2D eigenvalue weighted by molar-refractivity contribution is 6.07. The van der Waals surface area contributed by atoms with Crippen molar-refractivity contribution >= 4 is 17.6 Å². The van der Waals surface area contributed by atoms with Gasteiger partial charge in [0.25, 0.3) is 11.8 Å². The summed E-state index contributed by atoms with van der Waals surface area (Å²) in [6.07, 6.45) is 1.20. The second kappa shape index (κ2) is 5.08. The first-order valence-electron chi connectivity index (χ1n) is 5.48. The average molecular weight is 280 g/mol. The van der Waals surface area contributed by atoms with Gasteiger partial charge in [0.2, 0.25) is 0 Å². The van der Waals surface area contributed by atoms with E-state index < -0.39 is 23.4 Å². The fraction of sp³-hybridized carbons (Fsp3) is 0.0833. The first-order valence-corrected chi connectivity index (χ1v) is 5.48. The van der Waals surface area contributed by atoms with E-state index in [0.717, 1.165) is 18.2 Å². The molecule has 1 heterocycles. The summed E-state index contributed by atoms with van der Waals surface area (Å²) in [5, 5.41) is 6.16. The molecule has 0 bridgehead atoms. The third kappa shape index (κ3) is 2.48. The number of primary amides is 1. The summed E-state index contributed by atoms with van der Waals surface area (Å²) in [4.78, 5) is 23.1. The van der Waals surface area contributed by atoms with Crippen molar-refractivity contribution < 1.29 is 18.4 Å². The number of benzene rings is 1. The molecule has 20 heavy (non-hydrogen) atoms. The minimum Gasteiger partial charge on any atom is -0.365 e. The number of nitrogens with one attached hydrogen (secondary N) is 1. The lowest BCUT2D eigenvalue weighted by Gasteiger charge is -2.07. The summed E-state index contributed by atoms with van der Waals surface area (Å²) >= 11 is 0. The summed E-state index contributed by atoms with van der Waals surface area (Å²) < 4.78 is 27.1. The Morgan fingerprint density at radius 1 is 1.30 bits per heavy atom. The van der Waals surface area contributed by atoms with Gasteiger partial charge in [0, 0.05) is 12.6 Å². The average Bonchev–Trinajstić information content (AvgIpc) is 2.74. The van der Waals surface area contributed by atoms with E-state index in [4.69, 9.17) is 5.73 Å². The topological polar surface area (TPSA) is 90.0 Å². The van der Waals surface area contributed by atoms with Crippen LogP contribution in [0.4, 0.5) is 14.6 Å².